The van der Waals surface area contributed by atoms with Gasteiger partial charge in [-0.15, -0.1) is 0 Å². The molecule has 1 N–H and O–H groups in total. The van der Waals surface area contributed by atoms with Crippen molar-refractivity contribution >= 4 is 33.2 Å². The number of nitrogens with one attached hydrogen (secondary N) is 1. The summed E-state index contributed by atoms with van der Waals surface area (Å²) in [6.45, 7) is 3.47. The third-order valence-corrected chi connectivity index (χ3v) is 8.57. The number of rotatable bonds is 8. The molecule has 0 radical (unpaired) electrons. The Balaban J connectivity index is 1.62. The number of fused-ring (bicyclic) bond motifs is 1. The largest absolute Gasteiger partial charge is 0.348 e. The molecule has 1 aliphatic rings. The van der Waals surface area contributed by atoms with Crippen LogP contribution in [0.4, 0.5) is 5.69 Å². The number of hydrogen-bond donors (Lipinski definition) is 1. The molecule has 5 nitrogen and oxygen atoms in total. The molecule has 0 spiro atoms. The van der Waals surface area contributed by atoms with Gasteiger partial charge in [-0.2, -0.15) is 0 Å². The average Bonchev–Trinajstić information content (AvgIpc) is 2.86. The third-order valence-electron chi connectivity index (χ3n) is 6.56. The molecule has 0 bridgehead atoms. The highest BCUT2D eigenvalue weighted by Crippen LogP contribution is 2.30. The maximum atomic E-state index is 13.6. The van der Waals surface area contributed by atoms with Crippen molar-refractivity contribution in [3.8, 4) is 0 Å². The summed E-state index contributed by atoms with van der Waals surface area (Å²) in [5.41, 5.74) is 4.90. The minimum absolute atomic E-state index is 0.129. The van der Waals surface area contributed by atoms with Gasteiger partial charge in [-0.1, -0.05) is 54.9 Å². The van der Waals surface area contributed by atoms with Crippen LogP contribution in [0.5, 0.6) is 0 Å². The van der Waals surface area contributed by atoms with Gasteiger partial charge >= 0.3 is 0 Å². The molecule has 1 aliphatic carbocycles. The van der Waals surface area contributed by atoms with E-state index >= 15 is 0 Å². The van der Waals surface area contributed by atoms with Gasteiger partial charge in [-0.25, -0.2) is 8.42 Å². The normalized spacial score (nSPS) is 14.1. The summed E-state index contributed by atoms with van der Waals surface area (Å²) >= 11 is 6.12. The molecule has 3 aromatic carbocycles. The zero-order chi connectivity index (χ0) is 25.0. The molecular weight excluding hydrogens is 480 g/mol. The van der Waals surface area contributed by atoms with E-state index in [2.05, 4.69) is 23.5 Å². The van der Waals surface area contributed by atoms with Crippen LogP contribution in [0.25, 0.3) is 0 Å². The molecule has 4 rings (SSSR count). The van der Waals surface area contributed by atoms with E-state index in [1.165, 1.54) is 40.4 Å². The van der Waals surface area contributed by atoms with Crippen molar-refractivity contribution in [3.05, 3.63) is 94.0 Å². The van der Waals surface area contributed by atoms with Gasteiger partial charge in [0.15, 0.2) is 0 Å². The van der Waals surface area contributed by atoms with Gasteiger partial charge in [-0.3, -0.25) is 9.10 Å². The van der Waals surface area contributed by atoms with Crippen molar-refractivity contribution in [2.24, 2.45) is 0 Å². The highest BCUT2D eigenvalue weighted by molar-refractivity contribution is 7.92. The fourth-order valence-corrected chi connectivity index (χ4v) is 6.41. The zero-order valence-electron chi connectivity index (χ0n) is 20.1. The number of aryl methyl sites for hydroxylation is 3. The zero-order valence-corrected chi connectivity index (χ0v) is 21.7. The standard InChI is InChI=1S/C28H31ClN2O3S/c1-3-26(23-14-13-21-9-7-8-10-22(21)18-23)30-28(32)19-31(27-16-15-24(29)17-20(27)2)35(33,34)25-11-5-4-6-12-25/h4-6,11-18,26H,3,7-10,19H2,1-2H3,(H,30,32). The Kier molecular flexibility index (Phi) is 7.82. The molecule has 0 saturated carbocycles. The summed E-state index contributed by atoms with van der Waals surface area (Å²) in [5, 5.41) is 3.58. The quantitative estimate of drug-likeness (QED) is 0.404. The molecule has 184 valence electrons. The topological polar surface area (TPSA) is 66.5 Å². The van der Waals surface area contributed by atoms with Crippen LogP contribution in [0.1, 0.15) is 54.5 Å². The SMILES string of the molecule is CCC(NC(=O)CN(c1ccc(Cl)cc1C)S(=O)(=O)c1ccccc1)c1ccc2c(c1)CCCC2. The van der Waals surface area contributed by atoms with Gasteiger partial charge in [-0.05, 0) is 91.6 Å². The Morgan fingerprint density at radius 2 is 1.71 bits per heavy atom. The summed E-state index contributed by atoms with van der Waals surface area (Å²) in [6, 6.07) is 19.4. The number of amides is 1. The lowest BCUT2D eigenvalue weighted by atomic mass is 9.89. The van der Waals surface area contributed by atoms with Crippen LogP contribution >= 0.6 is 11.6 Å². The number of halogens is 1. The Morgan fingerprint density at radius 1 is 1.00 bits per heavy atom. The van der Waals surface area contributed by atoms with E-state index < -0.39 is 10.0 Å². The van der Waals surface area contributed by atoms with Crippen LogP contribution in [0, 0.1) is 6.92 Å². The number of benzene rings is 3. The van der Waals surface area contributed by atoms with Crippen molar-refractivity contribution in [1.29, 1.82) is 0 Å². The van der Waals surface area contributed by atoms with Crippen LogP contribution in [0.3, 0.4) is 0 Å². The number of carbonyl (C=O) groups is 1. The lowest BCUT2D eigenvalue weighted by molar-refractivity contribution is -0.120. The highest BCUT2D eigenvalue weighted by atomic mass is 35.5. The Morgan fingerprint density at radius 3 is 2.40 bits per heavy atom. The summed E-state index contributed by atoms with van der Waals surface area (Å²) in [4.78, 5) is 13.4. The summed E-state index contributed by atoms with van der Waals surface area (Å²) < 4.78 is 28.4. The van der Waals surface area contributed by atoms with Gasteiger partial charge in [0, 0.05) is 5.02 Å². The fraction of sp³-hybridized carbons (Fsp3) is 0.321. The Hall–Kier alpha value is -2.83. The summed E-state index contributed by atoms with van der Waals surface area (Å²) in [6.07, 6.45) is 5.27. The molecule has 0 heterocycles. The molecule has 35 heavy (non-hydrogen) atoms. The predicted molar refractivity (Wildman–Crippen MR) is 141 cm³/mol. The van der Waals surface area contributed by atoms with E-state index in [1.54, 1.807) is 43.3 Å². The first kappa shape index (κ1) is 25.3. The fourth-order valence-electron chi connectivity index (χ4n) is 4.68. The van der Waals surface area contributed by atoms with E-state index in [-0.39, 0.29) is 23.4 Å². The smallest absolute Gasteiger partial charge is 0.264 e. The lowest BCUT2D eigenvalue weighted by Crippen LogP contribution is -2.42. The first-order chi connectivity index (χ1) is 16.8. The van der Waals surface area contributed by atoms with Gasteiger partial charge < -0.3 is 5.32 Å². The maximum Gasteiger partial charge on any atom is 0.264 e. The molecule has 1 amide bonds. The second kappa shape index (κ2) is 10.8. The van der Waals surface area contributed by atoms with Crippen molar-refractivity contribution in [2.45, 2.75) is 56.9 Å². The van der Waals surface area contributed by atoms with E-state index in [1.807, 2.05) is 6.92 Å². The average molecular weight is 511 g/mol. The van der Waals surface area contributed by atoms with Gasteiger partial charge in [0.05, 0.1) is 16.6 Å². The van der Waals surface area contributed by atoms with Crippen LogP contribution < -0.4 is 9.62 Å². The number of nitrogens with zero attached hydrogens (tertiary/aromatic N) is 1. The van der Waals surface area contributed by atoms with Crippen LogP contribution in [-0.4, -0.2) is 20.9 Å². The van der Waals surface area contributed by atoms with Gasteiger partial charge in [0.1, 0.15) is 6.54 Å². The maximum absolute atomic E-state index is 13.6. The van der Waals surface area contributed by atoms with Crippen molar-refractivity contribution in [2.75, 3.05) is 10.8 Å². The molecule has 7 heteroatoms. The lowest BCUT2D eigenvalue weighted by Gasteiger charge is -2.27. The van der Waals surface area contributed by atoms with E-state index in [0.717, 1.165) is 18.4 Å². The second-order valence-electron chi connectivity index (χ2n) is 9.02. The molecule has 0 aliphatic heterocycles. The molecule has 0 fully saturated rings. The molecule has 0 saturated heterocycles. The molecule has 1 unspecified atom stereocenters. The summed E-state index contributed by atoms with van der Waals surface area (Å²) in [7, 11) is -3.97. The van der Waals surface area contributed by atoms with Gasteiger partial charge in [0.2, 0.25) is 5.91 Å². The van der Waals surface area contributed by atoms with Crippen LogP contribution in [-0.2, 0) is 27.7 Å². The summed E-state index contributed by atoms with van der Waals surface area (Å²) in [5.74, 6) is -0.358. The highest BCUT2D eigenvalue weighted by Gasteiger charge is 2.29. The van der Waals surface area contributed by atoms with Crippen molar-refractivity contribution < 1.29 is 13.2 Å². The minimum Gasteiger partial charge on any atom is -0.348 e. The minimum atomic E-state index is -3.97. The Labute approximate surface area is 213 Å². The van der Waals surface area contributed by atoms with Crippen LogP contribution in [0.2, 0.25) is 5.02 Å². The van der Waals surface area contributed by atoms with Crippen molar-refractivity contribution in [1.82, 2.24) is 5.32 Å². The molecular formula is C28H31ClN2O3S. The molecule has 3 aromatic rings. The first-order valence-corrected chi connectivity index (χ1v) is 13.9. The number of carbonyl (C=O) groups excluding carboxylic acids is 1. The van der Waals surface area contributed by atoms with E-state index in [9.17, 15) is 13.2 Å². The van der Waals surface area contributed by atoms with Crippen molar-refractivity contribution in [3.63, 3.8) is 0 Å². The molecule has 1 atom stereocenters. The number of sulfonamides is 1. The number of hydrogen-bond acceptors (Lipinski definition) is 3. The van der Waals surface area contributed by atoms with Gasteiger partial charge in [0.25, 0.3) is 10.0 Å². The third kappa shape index (κ3) is 5.71. The monoisotopic (exact) mass is 510 g/mol. The Bertz CT molecular complexity index is 1310. The first-order valence-electron chi connectivity index (χ1n) is 12.0. The molecule has 0 aromatic heterocycles. The van der Waals surface area contributed by atoms with E-state index in [0.29, 0.717) is 22.7 Å². The van der Waals surface area contributed by atoms with E-state index in [4.69, 9.17) is 11.6 Å². The number of anilines is 1. The second-order valence-corrected chi connectivity index (χ2v) is 11.3. The predicted octanol–water partition coefficient (Wildman–Crippen LogP) is 5.99. The van der Waals surface area contributed by atoms with Crippen LogP contribution in [0.15, 0.2) is 71.6 Å².